The molecule has 2 fully saturated rings. The third-order valence-corrected chi connectivity index (χ3v) is 17.6. The molecule has 0 radical (unpaired) electrons. The summed E-state index contributed by atoms with van der Waals surface area (Å²) in [5.41, 5.74) is 8.42. The van der Waals surface area contributed by atoms with Gasteiger partial charge in [0.15, 0.2) is 5.78 Å². The van der Waals surface area contributed by atoms with Crippen LogP contribution in [0.4, 0.5) is 26.3 Å². The van der Waals surface area contributed by atoms with Crippen molar-refractivity contribution in [1.82, 2.24) is 19.9 Å². The maximum atomic E-state index is 12.1. The molecule has 0 saturated heterocycles. The fourth-order valence-corrected chi connectivity index (χ4v) is 13.5. The number of carbonyl (C=O) groups excluding carboxylic acids is 1. The van der Waals surface area contributed by atoms with Gasteiger partial charge in [0.05, 0.1) is 55.3 Å². The van der Waals surface area contributed by atoms with Crippen molar-refractivity contribution in [3.63, 3.8) is 0 Å². The van der Waals surface area contributed by atoms with Crippen molar-refractivity contribution in [2.24, 2.45) is 23.7 Å². The minimum absolute atomic E-state index is 0.0785. The van der Waals surface area contributed by atoms with Gasteiger partial charge >= 0.3 is 19.5 Å². The first-order chi connectivity index (χ1) is 41.6. The number of rotatable bonds is 2. The number of Topliss-reactive ketones (excluding diaryl/α,β-unsaturated/α-hetero) is 1. The largest absolute Gasteiger partial charge is 0.488 e. The highest BCUT2D eigenvalue weighted by molar-refractivity contribution is 6.58. The van der Waals surface area contributed by atoms with E-state index in [9.17, 15) is 31.1 Å². The molecule has 456 valence electrons. The average molecular weight is 1200 g/mol. The second kappa shape index (κ2) is 24.7. The van der Waals surface area contributed by atoms with Crippen molar-refractivity contribution in [3.05, 3.63) is 173 Å². The highest BCUT2D eigenvalue weighted by Crippen LogP contribution is 2.58. The van der Waals surface area contributed by atoms with Crippen molar-refractivity contribution in [3.8, 4) is 11.5 Å². The zero-order chi connectivity index (χ0) is 63.2. The Morgan fingerprint density at radius 2 is 0.852 bits per heavy atom. The summed E-state index contributed by atoms with van der Waals surface area (Å²) in [4.78, 5) is 40.3. The monoisotopic (exact) mass is 1200 g/mol. The van der Waals surface area contributed by atoms with Crippen LogP contribution in [0.15, 0.2) is 146 Å². The summed E-state index contributed by atoms with van der Waals surface area (Å²) in [5, 5.41) is 29.2. The SMILES string of the molecule is CC(=O)O.CC(=O)c1cccc(C(F)(F)F)c1.C[C@H]1CC[C@H]2[C@H](C1)c1c(c3ccccc3c3nc4ccccc4nc13)OC2(C)C.C[C@H]1CC[C@H]2[C@H](C1)c1c(c3ccccc3c3nc4ccccc4nc13)OC2(C)C.OB(O)c1cccc(C(F)(F)F)c1. The van der Waals surface area contributed by atoms with Gasteiger partial charge in [0, 0.05) is 57.0 Å². The Labute approximate surface area is 506 Å². The number of aromatic nitrogens is 4. The topological polar surface area (TPSA) is 165 Å². The molecule has 3 N–H and O–H groups in total. The van der Waals surface area contributed by atoms with Gasteiger partial charge in [-0.3, -0.25) is 9.59 Å². The summed E-state index contributed by atoms with van der Waals surface area (Å²) >= 11 is 0. The summed E-state index contributed by atoms with van der Waals surface area (Å²) < 4.78 is 86.1. The molecule has 11 nitrogen and oxygen atoms in total. The van der Waals surface area contributed by atoms with Crippen LogP contribution >= 0.6 is 0 Å². The summed E-state index contributed by atoms with van der Waals surface area (Å²) in [6.07, 6.45) is -1.44. The number of aliphatic carboxylic acids is 1. The molecule has 0 spiro atoms. The zero-order valence-electron chi connectivity index (χ0n) is 50.2. The zero-order valence-corrected chi connectivity index (χ0v) is 50.2. The molecule has 0 amide bonds. The predicted molar refractivity (Wildman–Crippen MR) is 333 cm³/mol. The Morgan fingerprint density at radius 3 is 1.23 bits per heavy atom. The number of carboxylic acid groups (broad SMARTS) is 1. The first-order valence-electron chi connectivity index (χ1n) is 29.6. The smallest absolute Gasteiger partial charge is 0.487 e. The number of carboxylic acids is 1. The van der Waals surface area contributed by atoms with Gasteiger partial charge < -0.3 is 24.6 Å². The molecule has 0 bridgehead atoms. The van der Waals surface area contributed by atoms with Gasteiger partial charge in [0.2, 0.25) is 0 Å². The van der Waals surface area contributed by atoms with Crippen LogP contribution in [0.2, 0.25) is 0 Å². The summed E-state index contributed by atoms with van der Waals surface area (Å²) in [7, 11) is -1.87. The molecule has 10 aromatic rings. The first kappa shape index (κ1) is 62.8. The molecule has 2 aromatic heterocycles. The van der Waals surface area contributed by atoms with Crippen LogP contribution in [0.25, 0.3) is 65.7 Å². The predicted octanol–water partition coefficient (Wildman–Crippen LogP) is 16.6. The number of ether oxygens (including phenoxy) is 2. The van der Waals surface area contributed by atoms with Gasteiger partial charge in [-0.15, -0.1) is 0 Å². The van der Waals surface area contributed by atoms with E-state index in [2.05, 4.69) is 114 Å². The van der Waals surface area contributed by atoms with Crippen molar-refractivity contribution >= 4 is 90.0 Å². The van der Waals surface area contributed by atoms with Crippen LogP contribution in [0.5, 0.6) is 11.5 Å². The van der Waals surface area contributed by atoms with Crippen molar-refractivity contribution in [1.29, 1.82) is 0 Å². The molecule has 18 heteroatoms. The van der Waals surface area contributed by atoms with Crippen LogP contribution in [-0.2, 0) is 17.1 Å². The highest BCUT2D eigenvalue weighted by atomic mass is 19.4. The van der Waals surface area contributed by atoms with Crippen molar-refractivity contribution in [2.45, 2.75) is 129 Å². The first-order valence-corrected chi connectivity index (χ1v) is 29.6. The Kier molecular flexibility index (Phi) is 17.7. The van der Waals surface area contributed by atoms with Crippen LogP contribution in [0.3, 0.4) is 0 Å². The standard InChI is InChI=1S/2C26H26N2O.C9H7F3O.C7H6BF3O2.C2H4O2/c2*1-15-12-13-19-18(14-15)22-24-23(27-20-10-6-7-11-21(20)28-24)16-8-4-5-9-17(16)25(22)29-26(19,2)3;1-6(13)7-3-2-4-8(5-7)9(10,11)12;9-7(10,11)5-2-1-3-6(4-5)8(12)13;1-2(3)4/h2*4-11,15,18-19H,12-14H2,1-3H3;2-5H,1H3;1-4,12-13H;1H3,(H,3,4)/t2*15-,18-,19-;;;/m00.../s1. The fourth-order valence-electron chi connectivity index (χ4n) is 13.5. The molecule has 14 rings (SSSR count). The Hall–Kier alpha value is -8.22. The minimum atomic E-state index is -4.45. The summed E-state index contributed by atoms with van der Waals surface area (Å²) in [6, 6.07) is 41.8. The van der Waals surface area contributed by atoms with E-state index in [1.54, 1.807) is 0 Å². The number of carbonyl (C=O) groups is 2. The van der Waals surface area contributed by atoms with E-state index < -0.39 is 36.6 Å². The maximum absolute atomic E-state index is 12.1. The van der Waals surface area contributed by atoms with Crippen LogP contribution in [0, 0.1) is 23.7 Å². The number of hydrogen-bond acceptors (Lipinski definition) is 10. The second-order valence-electron chi connectivity index (χ2n) is 24.7. The number of benzene rings is 8. The van der Waals surface area contributed by atoms with Crippen LogP contribution < -0.4 is 14.9 Å². The third-order valence-electron chi connectivity index (χ3n) is 17.6. The normalized spacial score (nSPS) is 20.5. The Bertz CT molecular complexity index is 4060. The van der Waals surface area contributed by atoms with Gasteiger partial charge in [-0.25, -0.2) is 19.9 Å². The average Bonchev–Trinajstić information content (AvgIpc) is 0.746. The molecule has 0 unspecified atom stereocenters. The van der Waals surface area contributed by atoms with E-state index in [1.807, 2.05) is 24.3 Å². The van der Waals surface area contributed by atoms with Gasteiger partial charge in [-0.1, -0.05) is 136 Å². The summed E-state index contributed by atoms with van der Waals surface area (Å²) in [6.45, 7) is 16.2. The molecule has 2 aliphatic carbocycles. The molecule has 8 aromatic carbocycles. The van der Waals surface area contributed by atoms with E-state index in [1.165, 1.54) is 85.5 Å². The lowest BCUT2D eigenvalue weighted by atomic mass is 9.64. The lowest BCUT2D eigenvalue weighted by molar-refractivity contribution is -0.138. The summed E-state index contributed by atoms with van der Waals surface area (Å²) in [5.74, 6) is 4.32. The lowest BCUT2D eigenvalue weighted by Gasteiger charge is -2.49. The minimum Gasteiger partial charge on any atom is -0.487 e. The second-order valence-corrected chi connectivity index (χ2v) is 24.7. The van der Waals surface area contributed by atoms with E-state index in [-0.39, 0.29) is 28.0 Å². The number of halogens is 6. The molecular weight excluding hydrogens is 1130 g/mol. The van der Waals surface area contributed by atoms with Crippen LogP contribution in [0.1, 0.15) is 138 Å². The van der Waals surface area contributed by atoms with Crippen molar-refractivity contribution in [2.75, 3.05) is 0 Å². The van der Waals surface area contributed by atoms with E-state index in [0.29, 0.717) is 29.7 Å². The maximum Gasteiger partial charge on any atom is 0.488 e. The number of hydrogen-bond donors (Lipinski definition) is 3. The molecule has 2 aliphatic heterocycles. The number of para-hydroxylation sites is 4. The molecule has 4 heterocycles. The number of alkyl halides is 6. The molecule has 4 aliphatic rings. The number of nitrogens with zero attached hydrogens (tertiary/aromatic N) is 4. The van der Waals surface area contributed by atoms with Gasteiger partial charge in [0.25, 0.3) is 5.97 Å². The van der Waals surface area contributed by atoms with Gasteiger partial charge in [0.1, 0.15) is 22.7 Å². The molecular formula is C70H69BF6N4O7. The van der Waals surface area contributed by atoms with E-state index >= 15 is 0 Å². The van der Waals surface area contributed by atoms with Gasteiger partial charge in [-0.05, 0) is 126 Å². The number of ketones is 1. The molecule has 6 atom stereocenters. The fraction of sp³-hybridized carbons (Fsp3) is 0.343. The third kappa shape index (κ3) is 13.0. The Morgan fingerprint density at radius 1 is 0.500 bits per heavy atom. The number of fused-ring (bicyclic) bond motifs is 18. The Balaban J connectivity index is 0.000000135. The van der Waals surface area contributed by atoms with E-state index in [0.717, 1.165) is 109 Å². The van der Waals surface area contributed by atoms with Gasteiger partial charge in [-0.2, -0.15) is 26.3 Å². The quantitative estimate of drug-likeness (QED) is 0.0496. The highest BCUT2D eigenvalue weighted by Gasteiger charge is 2.49. The molecule has 2 saturated carbocycles. The van der Waals surface area contributed by atoms with Crippen molar-refractivity contribution < 1.29 is 60.6 Å². The van der Waals surface area contributed by atoms with E-state index in [4.69, 9.17) is 49.4 Å². The van der Waals surface area contributed by atoms with Crippen LogP contribution in [-0.4, -0.2) is 65.2 Å². The molecule has 88 heavy (non-hydrogen) atoms. The lowest BCUT2D eigenvalue weighted by Crippen LogP contribution is -2.46.